The summed E-state index contributed by atoms with van der Waals surface area (Å²) in [5.74, 6) is -3.20. The summed E-state index contributed by atoms with van der Waals surface area (Å²) < 4.78 is 26.4. The van der Waals surface area contributed by atoms with Gasteiger partial charge in [0.05, 0.1) is 17.7 Å². The minimum Gasteiger partial charge on any atom is -0.478 e. The second kappa shape index (κ2) is 6.13. The molecular formula is C15H11F2NO3. The number of carbonyl (C=O) groups excluding carboxylic acids is 1. The van der Waals surface area contributed by atoms with Gasteiger partial charge in [-0.2, -0.15) is 0 Å². The highest BCUT2D eigenvalue weighted by atomic mass is 19.1. The fourth-order valence-corrected chi connectivity index (χ4v) is 1.81. The van der Waals surface area contributed by atoms with Crippen LogP contribution in [-0.4, -0.2) is 17.0 Å². The van der Waals surface area contributed by atoms with Gasteiger partial charge in [0.2, 0.25) is 5.91 Å². The maximum absolute atomic E-state index is 13.4. The number of benzene rings is 2. The molecule has 0 aliphatic rings. The minimum atomic E-state index is -1.37. The molecule has 2 N–H and O–H groups in total. The largest absolute Gasteiger partial charge is 0.478 e. The first-order chi connectivity index (χ1) is 9.97. The molecule has 0 radical (unpaired) electrons. The molecule has 0 saturated heterocycles. The highest BCUT2D eigenvalue weighted by molar-refractivity contribution is 6.01. The molecule has 4 nitrogen and oxygen atoms in total. The van der Waals surface area contributed by atoms with E-state index in [1.54, 1.807) is 6.07 Å². The predicted octanol–water partition coefficient (Wildman–Crippen LogP) is 2.84. The van der Waals surface area contributed by atoms with Crippen molar-refractivity contribution in [1.82, 2.24) is 0 Å². The Morgan fingerprint density at radius 2 is 1.81 bits per heavy atom. The zero-order chi connectivity index (χ0) is 15.4. The Kier molecular flexibility index (Phi) is 4.27. The van der Waals surface area contributed by atoms with Gasteiger partial charge in [-0.05, 0) is 29.8 Å². The lowest BCUT2D eigenvalue weighted by molar-refractivity contribution is -0.115. The molecule has 0 aliphatic heterocycles. The van der Waals surface area contributed by atoms with Gasteiger partial charge in [0.15, 0.2) is 0 Å². The van der Waals surface area contributed by atoms with Crippen molar-refractivity contribution >= 4 is 17.6 Å². The van der Waals surface area contributed by atoms with E-state index in [1.807, 2.05) is 0 Å². The van der Waals surface area contributed by atoms with Gasteiger partial charge in [-0.15, -0.1) is 0 Å². The van der Waals surface area contributed by atoms with Gasteiger partial charge in [0, 0.05) is 0 Å². The van der Waals surface area contributed by atoms with Crippen LogP contribution in [0.4, 0.5) is 14.5 Å². The van der Waals surface area contributed by atoms with Gasteiger partial charge in [0.25, 0.3) is 0 Å². The third-order valence-electron chi connectivity index (χ3n) is 2.79. The molecule has 0 fully saturated rings. The first kappa shape index (κ1) is 14.6. The van der Waals surface area contributed by atoms with Gasteiger partial charge in [-0.3, -0.25) is 4.79 Å². The Bertz CT molecular complexity index is 701. The highest BCUT2D eigenvalue weighted by Gasteiger charge is 2.14. The van der Waals surface area contributed by atoms with Crippen LogP contribution in [0, 0.1) is 11.6 Å². The zero-order valence-corrected chi connectivity index (χ0v) is 10.8. The van der Waals surface area contributed by atoms with E-state index in [-0.39, 0.29) is 23.2 Å². The van der Waals surface area contributed by atoms with Crippen LogP contribution in [0.3, 0.4) is 0 Å². The standard InChI is InChI=1S/C15H11F2NO3/c16-10-5-6-13(11(8-10)15(20)21)18-14(19)7-9-3-1-2-4-12(9)17/h1-6,8H,7H2,(H,18,19)(H,20,21). The van der Waals surface area contributed by atoms with Crippen molar-refractivity contribution in [2.45, 2.75) is 6.42 Å². The topological polar surface area (TPSA) is 66.4 Å². The Morgan fingerprint density at radius 3 is 2.48 bits per heavy atom. The Balaban J connectivity index is 2.17. The Labute approximate surface area is 119 Å². The smallest absolute Gasteiger partial charge is 0.337 e. The molecule has 0 aromatic heterocycles. The van der Waals surface area contributed by atoms with Crippen molar-refractivity contribution in [1.29, 1.82) is 0 Å². The third kappa shape index (κ3) is 3.62. The summed E-state index contributed by atoms with van der Waals surface area (Å²) in [5.41, 5.74) is -0.212. The molecule has 0 aliphatic carbocycles. The fourth-order valence-electron chi connectivity index (χ4n) is 1.81. The third-order valence-corrected chi connectivity index (χ3v) is 2.79. The van der Waals surface area contributed by atoms with E-state index in [9.17, 15) is 18.4 Å². The highest BCUT2D eigenvalue weighted by Crippen LogP contribution is 2.18. The number of anilines is 1. The van der Waals surface area contributed by atoms with Crippen molar-refractivity contribution in [2.24, 2.45) is 0 Å². The van der Waals surface area contributed by atoms with Crippen molar-refractivity contribution in [2.75, 3.05) is 5.32 Å². The van der Waals surface area contributed by atoms with Crippen LogP contribution in [0.1, 0.15) is 15.9 Å². The normalized spacial score (nSPS) is 10.2. The molecule has 0 bridgehead atoms. The molecule has 0 heterocycles. The summed E-state index contributed by atoms with van der Waals surface area (Å²) in [5, 5.41) is 11.3. The molecule has 0 saturated carbocycles. The monoisotopic (exact) mass is 291 g/mol. The SMILES string of the molecule is O=C(Cc1ccccc1F)Nc1ccc(F)cc1C(=O)O. The maximum Gasteiger partial charge on any atom is 0.337 e. The summed E-state index contributed by atoms with van der Waals surface area (Å²) >= 11 is 0. The van der Waals surface area contributed by atoms with E-state index in [4.69, 9.17) is 5.11 Å². The van der Waals surface area contributed by atoms with Gasteiger partial charge in [0.1, 0.15) is 11.6 Å². The summed E-state index contributed by atoms with van der Waals surface area (Å²) in [6.45, 7) is 0. The number of aromatic carboxylic acids is 1. The maximum atomic E-state index is 13.4. The number of carboxylic acid groups (broad SMARTS) is 1. The van der Waals surface area contributed by atoms with E-state index in [1.165, 1.54) is 18.2 Å². The molecule has 1 amide bonds. The van der Waals surface area contributed by atoms with Crippen LogP contribution in [0.15, 0.2) is 42.5 Å². The molecule has 0 spiro atoms. The number of hydrogen-bond acceptors (Lipinski definition) is 2. The minimum absolute atomic E-state index is 0.0368. The lowest BCUT2D eigenvalue weighted by Gasteiger charge is -2.09. The Hall–Kier alpha value is -2.76. The second-order valence-electron chi connectivity index (χ2n) is 4.31. The van der Waals surface area contributed by atoms with Gasteiger partial charge < -0.3 is 10.4 Å². The van der Waals surface area contributed by atoms with Crippen molar-refractivity contribution in [3.8, 4) is 0 Å². The molecule has 2 rings (SSSR count). The quantitative estimate of drug-likeness (QED) is 0.910. The van der Waals surface area contributed by atoms with E-state index in [2.05, 4.69) is 5.32 Å². The average Bonchev–Trinajstić information content (AvgIpc) is 2.43. The number of nitrogens with one attached hydrogen (secondary N) is 1. The number of amides is 1. The van der Waals surface area contributed by atoms with Crippen LogP contribution in [0.5, 0.6) is 0 Å². The number of halogens is 2. The predicted molar refractivity (Wildman–Crippen MR) is 72.1 cm³/mol. The van der Waals surface area contributed by atoms with E-state index in [0.717, 1.165) is 18.2 Å². The molecular weight excluding hydrogens is 280 g/mol. The Morgan fingerprint density at radius 1 is 1.10 bits per heavy atom. The van der Waals surface area contributed by atoms with Crippen LogP contribution >= 0.6 is 0 Å². The number of rotatable bonds is 4. The first-order valence-corrected chi connectivity index (χ1v) is 6.03. The van der Waals surface area contributed by atoms with Crippen LogP contribution in [-0.2, 0) is 11.2 Å². The molecule has 0 atom stereocenters. The molecule has 2 aromatic carbocycles. The molecule has 21 heavy (non-hydrogen) atoms. The molecule has 6 heteroatoms. The van der Waals surface area contributed by atoms with Gasteiger partial charge in [-0.25, -0.2) is 13.6 Å². The van der Waals surface area contributed by atoms with Crippen LogP contribution in [0.2, 0.25) is 0 Å². The van der Waals surface area contributed by atoms with E-state index in [0.29, 0.717) is 0 Å². The fraction of sp³-hybridized carbons (Fsp3) is 0.0667. The van der Waals surface area contributed by atoms with Crippen LogP contribution in [0.25, 0.3) is 0 Å². The summed E-state index contributed by atoms with van der Waals surface area (Å²) in [7, 11) is 0. The molecule has 0 unspecified atom stereocenters. The summed E-state index contributed by atoms with van der Waals surface area (Å²) in [4.78, 5) is 22.8. The first-order valence-electron chi connectivity index (χ1n) is 6.03. The van der Waals surface area contributed by atoms with Crippen LogP contribution < -0.4 is 5.32 Å². The van der Waals surface area contributed by atoms with Crippen molar-refractivity contribution in [3.63, 3.8) is 0 Å². The lowest BCUT2D eigenvalue weighted by atomic mass is 10.1. The summed E-state index contributed by atoms with van der Waals surface area (Å²) in [6.07, 6.45) is -0.247. The lowest BCUT2D eigenvalue weighted by Crippen LogP contribution is -2.17. The average molecular weight is 291 g/mol. The van der Waals surface area contributed by atoms with Gasteiger partial charge >= 0.3 is 5.97 Å². The van der Waals surface area contributed by atoms with Crippen molar-refractivity contribution in [3.05, 3.63) is 65.2 Å². The van der Waals surface area contributed by atoms with Crippen molar-refractivity contribution < 1.29 is 23.5 Å². The number of carbonyl (C=O) groups is 2. The molecule has 2 aromatic rings. The van der Waals surface area contributed by atoms with E-state index < -0.39 is 23.5 Å². The number of carboxylic acids is 1. The van der Waals surface area contributed by atoms with E-state index >= 15 is 0 Å². The molecule has 108 valence electrons. The van der Waals surface area contributed by atoms with Gasteiger partial charge in [-0.1, -0.05) is 18.2 Å². The zero-order valence-electron chi connectivity index (χ0n) is 10.8. The second-order valence-corrected chi connectivity index (χ2v) is 4.31. The summed E-state index contributed by atoms with van der Waals surface area (Å²) in [6, 6.07) is 8.76. The number of hydrogen-bond donors (Lipinski definition) is 2.